The quantitative estimate of drug-likeness (QED) is 0.843. The highest BCUT2D eigenvalue weighted by Crippen LogP contribution is 2.27. The Morgan fingerprint density at radius 3 is 2.54 bits per heavy atom. The molecule has 0 spiro atoms. The highest BCUT2D eigenvalue weighted by atomic mass is 16.3. The first-order valence-electron chi connectivity index (χ1n) is 9.49. The predicted molar refractivity (Wildman–Crippen MR) is 95.5 cm³/mol. The van der Waals surface area contributed by atoms with Gasteiger partial charge in [0, 0.05) is 13.0 Å². The number of carbonyl (C=O) groups is 1. The molecule has 1 amide bonds. The number of aliphatic hydroxyl groups excluding tert-OH is 1. The van der Waals surface area contributed by atoms with Crippen LogP contribution >= 0.6 is 0 Å². The van der Waals surface area contributed by atoms with Crippen LogP contribution in [0.2, 0.25) is 0 Å². The summed E-state index contributed by atoms with van der Waals surface area (Å²) < 4.78 is 0. The third-order valence-corrected chi connectivity index (χ3v) is 5.53. The molecule has 1 saturated heterocycles. The van der Waals surface area contributed by atoms with E-state index < -0.39 is 6.23 Å². The van der Waals surface area contributed by atoms with Crippen molar-refractivity contribution in [3.8, 4) is 0 Å². The van der Waals surface area contributed by atoms with E-state index in [-0.39, 0.29) is 11.9 Å². The van der Waals surface area contributed by atoms with E-state index in [1.165, 1.54) is 37.7 Å². The summed E-state index contributed by atoms with van der Waals surface area (Å²) in [4.78, 5) is 14.9. The van der Waals surface area contributed by atoms with Crippen molar-refractivity contribution in [1.82, 2.24) is 10.2 Å². The van der Waals surface area contributed by atoms with Gasteiger partial charge >= 0.3 is 0 Å². The van der Waals surface area contributed by atoms with Gasteiger partial charge in [-0.2, -0.15) is 0 Å². The maximum Gasteiger partial charge on any atom is 0.223 e. The lowest BCUT2D eigenvalue weighted by molar-refractivity contribution is -0.136. The highest BCUT2D eigenvalue weighted by molar-refractivity contribution is 5.77. The number of benzene rings is 1. The Hall–Kier alpha value is -1.39. The van der Waals surface area contributed by atoms with E-state index in [4.69, 9.17) is 0 Å². The van der Waals surface area contributed by atoms with E-state index >= 15 is 0 Å². The van der Waals surface area contributed by atoms with Crippen LogP contribution in [0, 0.1) is 5.92 Å². The Labute approximate surface area is 145 Å². The molecule has 2 aliphatic rings. The van der Waals surface area contributed by atoms with Crippen molar-refractivity contribution in [1.29, 1.82) is 0 Å². The van der Waals surface area contributed by atoms with Gasteiger partial charge in [-0.1, -0.05) is 49.6 Å². The Morgan fingerprint density at radius 2 is 1.88 bits per heavy atom. The minimum Gasteiger partial charge on any atom is -0.376 e. The van der Waals surface area contributed by atoms with Crippen molar-refractivity contribution in [2.45, 2.75) is 63.6 Å². The van der Waals surface area contributed by atoms with Gasteiger partial charge in [0.1, 0.15) is 6.23 Å². The molecule has 2 N–H and O–H groups in total. The number of hydrogen-bond donors (Lipinski definition) is 2. The molecule has 0 radical (unpaired) electrons. The van der Waals surface area contributed by atoms with E-state index in [0.29, 0.717) is 12.3 Å². The Bertz CT molecular complexity index is 514. The van der Waals surface area contributed by atoms with Crippen LogP contribution in [-0.4, -0.2) is 41.3 Å². The zero-order valence-corrected chi connectivity index (χ0v) is 14.5. The molecule has 4 heteroatoms. The van der Waals surface area contributed by atoms with E-state index in [9.17, 15) is 9.90 Å². The zero-order chi connectivity index (χ0) is 16.8. The number of nitrogens with zero attached hydrogens (tertiary/aromatic N) is 1. The molecular formula is C20H30N2O2. The maximum absolute atomic E-state index is 12.9. The largest absolute Gasteiger partial charge is 0.376 e. The van der Waals surface area contributed by atoms with Gasteiger partial charge in [0.2, 0.25) is 5.91 Å². The Balaban J connectivity index is 1.62. The van der Waals surface area contributed by atoms with E-state index in [1.807, 2.05) is 23.1 Å². The van der Waals surface area contributed by atoms with Gasteiger partial charge in [0.15, 0.2) is 0 Å². The molecule has 1 aliphatic heterocycles. The SMILES string of the molecule is O=C(CCc1ccccc1)N(CC1CCCCC1)C1CCNC1O. The molecule has 1 aromatic carbocycles. The maximum atomic E-state index is 12.9. The normalized spacial score (nSPS) is 24.9. The van der Waals surface area contributed by atoms with Gasteiger partial charge in [-0.3, -0.25) is 10.1 Å². The fourth-order valence-corrected chi connectivity index (χ4v) is 4.11. The summed E-state index contributed by atoms with van der Waals surface area (Å²) >= 11 is 0. The first-order chi connectivity index (χ1) is 11.7. The van der Waals surface area contributed by atoms with Gasteiger partial charge in [-0.25, -0.2) is 0 Å². The van der Waals surface area contributed by atoms with Gasteiger partial charge < -0.3 is 10.0 Å². The minimum atomic E-state index is -0.575. The fraction of sp³-hybridized carbons (Fsp3) is 0.650. The van der Waals surface area contributed by atoms with Crippen molar-refractivity contribution < 1.29 is 9.90 Å². The summed E-state index contributed by atoms with van der Waals surface area (Å²) in [6.07, 6.45) is 7.91. The third-order valence-electron chi connectivity index (χ3n) is 5.53. The lowest BCUT2D eigenvalue weighted by Gasteiger charge is -2.35. The number of hydrogen-bond acceptors (Lipinski definition) is 3. The predicted octanol–water partition coefficient (Wildman–Crippen LogP) is 2.71. The zero-order valence-electron chi connectivity index (χ0n) is 14.5. The highest BCUT2D eigenvalue weighted by Gasteiger charge is 2.34. The summed E-state index contributed by atoms with van der Waals surface area (Å²) in [6.45, 7) is 1.61. The van der Waals surface area contributed by atoms with Crippen molar-refractivity contribution >= 4 is 5.91 Å². The molecule has 0 bridgehead atoms. The van der Waals surface area contributed by atoms with Crippen molar-refractivity contribution in [3.63, 3.8) is 0 Å². The van der Waals surface area contributed by atoms with Crippen LogP contribution in [0.4, 0.5) is 0 Å². The number of nitrogens with one attached hydrogen (secondary N) is 1. The van der Waals surface area contributed by atoms with Crippen LogP contribution < -0.4 is 5.32 Å². The van der Waals surface area contributed by atoms with Gasteiger partial charge in [0.05, 0.1) is 6.04 Å². The van der Waals surface area contributed by atoms with E-state index in [1.54, 1.807) is 0 Å². The second-order valence-electron chi connectivity index (χ2n) is 7.29. The topological polar surface area (TPSA) is 52.6 Å². The first kappa shape index (κ1) is 17.4. The fourth-order valence-electron chi connectivity index (χ4n) is 4.11. The van der Waals surface area contributed by atoms with Crippen LogP contribution in [-0.2, 0) is 11.2 Å². The smallest absolute Gasteiger partial charge is 0.223 e. The molecule has 1 saturated carbocycles. The second kappa shape index (κ2) is 8.63. The van der Waals surface area contributed by atoms with Crippen LogP contribution in [0.5, 0.6) is 0 Å². The summed E-state index contributed by atoms with van der Waals surface area (Å²) in [6, 6.07) is 10.1. The van der Waals surface area contributed by atoms with Gasteiger partial charge in [0.25, 0.3) is 0 Å². The average molecular weight is 330 g/mol. The number of amides is 1. The van der Waals surface area contributed by atoms with E-state index in [2.05, 4.69) is 17.4 Å². The molecule has 1 aliphatic carbocycles. The summed E-state index contributed by atoms with van der Waals surface area (Å²) in [5, 5.41) is 13.3. The summed E-state index contributed by atoms with van der Waals surface area (Å²) in [5.41, 5.74) is 1.20. The molecule has 1 heterocycles. The molecule has 3 rings (SSSR count). The lowest BCUT2D eigenvalue weighted by atomic mass is 9.88. The van der Waals surface area contributed by atoms with Crippen LogP contribution in [0.25, 0.3) is 0 Å². The monoisotopic (exact) mass is 330 g/mol. The molecule has 24 heavy (non-hydrogen) atoms. The Kier molecular flexibility index (Phi) is 6.27. The van der Waals surface area contributed by atoms with Crippen molar-refractivity contribution in [3.05, 3.63) is 35.9 Å². The third kappa shape index (κ3) is 4.58. The summed E-state index contributed by atoms with van der Waals surface area (Å²) in [5.74, 6) is 0.796. The number of aliphatic hydroxyl groups is 1. The molecule has 4 nitrogen and oxygen atoms in total. The number of rotatable bonds is 6. The van der Waals surface area contributed by atoms with Crippen LogP contribution in [0.15, 0.2) is 30.3 Å². The van der Waals surface area contributed by atoms with Crippen LogP contribution in [0.3, 0.4) is 0 Å². The van der Waals surface area contributed by atoms with Gasteiger partial charge in [-0.15, -0.1) is 0 Å². The average Bonchev–Trinajstić information content (AvgIpc) is 3.05. The van der Waals surface area contributed by atoms with Crippen LogP contribution in [0.1, 0.15) is 50.5 Å². The van der Waals surface area contributed by atoms with E-state index in [0.717, 1.165) is 25.9 Å². The lowest BCUT2D eigenvalue weighted by Crippen LogP contribution is -2.49. The number of aryl methyl sites for hydroxylation is 1. The summed E-state index contributed by atoms with van der Waals surface area (Å²) in [7, 11) is 0. The minimum absolute atomic E-state index is 0.0600. The van der Waals surface area contributed by atoms with Crippen molar-refractivity contribution in [2.75, 3.05) is 13.1 Å². The number of carbonyl (C=O) groups excluding carboxylic acids is 1. The molecule has 2 unspecified atom stereocenters. The Morgan fingerprint density at radius 1 is 1.12 bits per heavy atom. The molecule has 1 aromatic rings. The first-order valence-corrected chi connectivity index (χ1v) is 9.49. The molecule has 0 aromatic heterocycles. The molecular weight excluding hydrogens is 300 g/mol. The van der Waals surface area contributed by atoms with Crippen molar-refractivity contribution in [2.24, 2.45) is 5.92 Å². The molecule has 2 atom stereocenters. The van der Waals surface area contributed by atoms with Gasteiger partial charge in [-0.05, 0) is 43.7 Å². The molecule has 2 fully saturated rings. The standard InChI is InChI=1S/C20H30N2O2/c23-19(12-11-16-7-3-1-4-8-16)22(18-13-14-21-20(18)24)15-17-9-5-2-6-10-17/h1,3-4,7-8,17-18,20-21,24H,2,5-6,9-15H2. The second-order valence-corrected chi connectivity index (χ2v) is 7.29. The molecule has 132 valence electrons.